The molecule has 0 fully saturated rings. The second-order valence-electron chi connectivity index (χ2n) is 4.74. The van der Waals surface area contributed by atoms with Gasteiger partial charge in [0, 0.05) is 16.7 Å². The molecule has 0 atom stereocenters. The highest BCUT2D eigenvalue weighted by Gasteiger charge is 2.07. The zero-order valence-corrected chi connectivity index (χ0v) is 12.6. The van der Waals surface area contributed by atoms with E-state index in [1.807, 2.05) is 0 Å². The van der Waals surface area contributed by atoms with Crippen LogP contribution in [-0.2, 0) is 11.2 Å². The van der Waals surface area contributed by atoms with E-state index < -0.39 is 0 Å². The van der Waals surface area contributed by atoms with Crippen molar-refractivity contribution in [2.24, 2.45) is 5.10 Å². The number of phenolic OH excluding ortho intramolecular Hbond substituents is 2. The van der Waals surface area contributed by atoms with Gasteiger partial charge in [0.25, 0.3) is 0 Å². The number of hydrogen-bond acceptors (Lipinski definition) is 4. The molecule has 0 aliphatic rings. The van der Waals surface area contributed by atoms with Crippen LogP contribution in [0.2, 0.25) is 5.02 Å². The number of nitrogens with one attached hydrogen (secondary N) is 1. The SMILES string of the molecule is C/C(=N/NC(=O)Cc1ccc(Cl)cc1)c1ccc(O)cc1O. The lowest BCUT2D eigenvalue weighted by molar-refractivity contribution is -0.120. The summed E-state index contributed by atoms with van der Waals surface area (Å²) in [5, 5.41) is 23.5. The molecule has 0 saturated carbocycles. The summed E-state index contributed by atoms with van der Waals surface area (Å²) in [4.78, 5) is 11.8. The van der Waals surface area contributed by atoms with E-state index >= 15 is 0 Å². The van der Waals surface area contributed by atoms with E-state index in [0.717, 1.165) is 5.56 Å². The van der Waals surface area contributed by atoms with Crippen molar-refractivity contribution in [1.82, 2.24) is 5.43 Å². The van der Waals surface area contributed by atoms with E-state index in [2.05, 4.69) is 10.5 Å². The lowest BCUT2D eigenvalue weighted by Gasteiger charge is -2.06. The average molecular weight is 319 g/mol. The van der Waals surface area contributed by atoms with Crippen LogP contribution in [0.3, 0.4) is 0 Å². The Labute approximate surface area is 132 Å². The van der Waals surface area contributed by atoms with Gasteiger partial charge < -0.3 is 10.2 Å². The van der Waals surface area contributed by atoms with E-state index in [0.29, 0.717) is 16.3 Å². The Bertz CT molecular complexity index is 712. The first-order chi connectivity index (χ1) is 10.5. The Morgan fingerprint density at radius 3 is 2.50 bits per heavy atom. The number of carbonyl (C=O) groups is 1. The van der Waals surface area contributed by atoms with Crippen LogP contribution in [0.15, 0.2) is 47.6 Å². The van der Waals surface area contributed by atoms with Gasteiger partial charge in [0.15, 0.2) is 0 Å². The first kappa shape index (κ1) is 15.9. The first-order valence-electron chi connectivity index (χ1n) is 6.55. The molecule has 0 aliphatic heterocycles. The van der Waals surface area contributed by atoms with Crippen LogP contribution in [0.1, 0.15) is 18.1 Å². The second-order valence-corrected chi connectivity index (χ2v) is 5.17. The maximum absolute atomic E-state index is 11.8. The maximum Gasteiger partial charge on any atom is 0.244 e. The van der Waals surface area contributed by atoms with Gasteiger partial charge in [-0.1, -0.05) is 23.7 Å². The topological polar surface area (TPSA) is 81.9 Å². The Morgan fingerprint density at radius 1 is 1.18 bits per heavy atom. The van der Waals surface area contributed by atoms with Crippen LogP contribution in [0.5, 0.6) is 11.5 Å². The maximum atomic E-state index is 11.8. The molecule has 3 N–H and O–H groups in total. The second kappa shape index (κ2) is 6.95. The molecule has 5 nitrogen and oxygen atoms in total. The summed E-state index contributed by atoms with van der Waals surface area (Å²) in [5.74, 6) is -0.422. The van der Waals surface area contributed by atoms with Gasteiger partial charge in [0.2, 0.25) is 5.91 Å². The number of carbonyl (C=O) groups excluding carboxylic acids is 1. The highest BCUT2D eigenvalue weighted by Crippen LogP contribution is 2.22. The number of amides is 1. The zero-order valence-electron chi connectivity index (χ0n) is 11.9. The van der Waals surface area contributed by atoms with Gasteiger partial charge in [-0.25, -0.2) is 5.43 Å². The largest absolute Gasteiger partial charge is 0.508 e. The molecular weight excluding hydrogens is 304 g/mol. The average Bonchev–Trinajstić information content (AvgIpc) is 2.47. The Morgan fingerprint density at radius 2 is 1.86 bits per heavy atom. The van der Waals surface area contributed by atoms with Crippen molar-refractivity contribution in [3.8, 4) is 11.5 Å². The van der Waals surface area contributed by atoms with Gasteiger partial charge in [-0.2, -0.15) is 5.10 Å². The quantitative estimate of drug-likeness (QED) is 0.599. The van der Waals surface area contributed by atoms with E-state index in [1.165, 1.54) is 18.2 Å². The Kier molecular flexibility index (Phi) is 5.01. The third-order valence-electron chi connectivity index (χ3n) is 3.00. The summed E-state index contributed by atoms with van der Waals surface area (Å²) in [6.07, 6.45) is 0.176. The van der Waals surface area contributed by atoms with Crippen molar-refractivity contribution in [3.63, 3.8) is 0 Å². The number of aromatic hydroxyl groups is 2. The molecular formula is C16H15ClN2O3. The first-order valence-corrected chi connectivity index (χ1v) is 6.93. The minimum atomic E-state index is -0.278. The normalized spacial score (nSPS) is 11.3. The van der Waals surface area contributed by atoms with Crippen molar-refractivity contribution < 1.29 is 15.0 Å². The van der Waals surface area contributed by atoms with Crippen LogP contribution in [0.4, 0.5) is 0 Å². The van der Waals surface area contributed by atoms with E-state index in [1.54, 1.807) is 31.2 Å². The number of halogens is 1. The fourth-order valence-electron chi connectivity index (χ4n) is 1.86. The number of hydrazone groups is 1. The van der Waals surface area contributed by atoms with Crippen LogP contribution < -0.4 is 5.43 Å². The van der Waals surface area contributed by atoms with E-state index in [9.17, 15) is 15.0 Å². The summed E-state index contributed by atoms with van der Waals surface area (Å²) in [7, 11) is 0. The highest BCUT2D eigenvalue weighted by molar-refractivity contribution is 6.30. The van der Waals surface area contributed by atoms with Gasteiger partial charge in [-0.05, 0) is 36.8 Å². The van der Waals surface area contributed by atoms with Crippen molar-refractivity contribution in [1.29, 1.82) is 0 Å². The molecule has 0 unspecified atom stereocenters. The summed E-state index contributed by atoms with van der Waals surface area (Å²) in [5.41, 5.74) is 4.12. The van der Waals surface area contributed by atoms with Gasteiger partial charge in [0.05, 0.1) is 12.1 Å². The van der Waals surface area contributed by atoms with Crippen LogP contribution in [-0.4, -0.2) is 21.8 Å². The number of nitrogens with zero attached hydrogens (tertiary/aromatic N) is 1. The van der Waals surface area contributed by atoms with Crippen LogP contribution in [0.25, 0.3) is 0 Å². The lowest BCUT2D eigenvalue weighted by Crippen LogP contribution is -2.21. The predicted molar refractivity (Wildman–Crippen MR) is 85.3 cm³/mol. The predicted octanol–water partition coefficient (Wildman–Crippen LogP) is 2.83. The van der Waals surface area contributed by atoms with E-state index in [4.69, 9.17) is 11.6 Å². The lowest BCUT2D eigenvalue weighted by atomic mass is 10.1. The van der Waals surface area contributed by atoms with E-state index in [-0.39, 0.29) is 23.8 Å². The van der Waals surface area contributed by atoms with Gasteiger partial charge in [-0.15, -0.1) is 0 Å². The molecule has 2 aromatic carbocycles. The number of hydrogen-bond donors (Lipinski definition) is 3. The molecule has 2 rings (SSSR count). The van der Waals surface area contributed by atoms with Crippen molar-refractivity contribution in [2.45, 2.75) is 13.3 Å². The molecule has 0 spiro atoms. The summed E-state index contributed by atoms with van der Waals surface area (Å²) in [6, 6.07) is 11.1. The molecule has 6 heteroatoms. The third-order valence-corrected chi connectivity index (χ3v) is 3.25. The smallest absolute Gasteiger partial charge is 0.244 e. The van der Waals surface area contributed by atoms with Gasteiger partial charge in [-0.3, -0.25) is 4.79 Å². The number of rotatable bonds is 4. The van der Waals surface area contributed by atoms with Gasteiger partial charge >= 0.3 is 0 Å². The van der Waals surface area contributed by atoms with Crippen molar-refractivity contribution in [2.75, 3.05) is 0 Å². The molecule has 0 heterocycles. The van der Waals surface area contributed by atoms with Crippen molar-refractivity contribution in [3.05, 3.63) is 58.6 Å². The Hall–Kier alpha value is -2.53. The van der Waals surface area contributed by atoms with Crippen molar-refractivity contribution >= 4 is 23.2 Å². The number of benzene rings is 2. The summed E-state index contributed by atoms with van der Waals surface area (Å²) >= 11 is 5.78. The van der Waals surface area contributed by atoms with Crippen LogP contribution >= 0.6 is 11.6 Å². The number of phenols is 2. The molecule has 2 aromatic rings. The molecule has 0 bridgehead atoms. The highest BCUT2D eigenvalue weighted by atomic mass is 35.5. The molecule has 0 radical (unpaired) electrons. The molecule has 22 heavy (non-hydrogen) atoms. The zero-order chi connectivity index (χ0) is 16.1. The standard InChI is InChI=1S/C16H15ClN2O3/c1-10(14-7-6-13(20)9-15(14)21)18-19-16(22)8-11-2-4-12(17)5-3-11/h2-7,9,20-21H,8H2,1H3,(H,19,22)/b18-10-. The third kappa shape index (κ3) is 4.23. The minimum absolute atomic E-state index is 0.0409. The van der Waals surface area contributed by atoms with Crippen LogP contribution in [0, 0.1) is 0 Å². The fraction of sp³-hybridized carbons (Fsp3) is 0.125. The molecule has 1 amide bonds. The molecule has 0 aromatic heterocycles. The molecule has 114 valence electrons. The minimum Gasteiger partial charge on any atom is -0.508 e. The molecule has 0 saturated heterocycles. The summed E-state index contributed by atoms with van der Waals surface area (Å²) in [6.45, 7) is 1.65. The fourth-order valence-corrected chi connectivity index (χ4v) is 1.99. The summed E-state index contributed by atoms with van der Waals surface area (Å²) < 4.78 is 0. The van der Waals surface area contributed by atoms with Gasteiger partial charge in [0.1, 0.15) is 11.5 Å². The monoisotopic (exact) mass is 318 g/mol. The molecule has 0 aliphatic carbocycles. The Balaban J connectivity index is 2.00.